The highest BCUT2D eigenvalue weighted by Crippen LogP contribution is 2.37. The Morgan fingerprint density at radius 1 is 0.853 bits per heavy atom. The van der Waals surface area contributed by atoms with Gasteiger partial charge in [0.1, 0.15) is 0 Å². The zero-order chi connectivity index (χ0) is 23.4. The number of hydrogen-bond acceptors (Lipinski definition) is 4. The molecule has 4 aromatic rings. The SMILES string of the molecule is Cc1cc(C)nc(N2C[C@H]3CN(C(=O)c4c(-c5ccccc5C)cn5ccccc45)C[C@H]3C2)n1. The lowest BCUT2D eigenvalue weighted by Crippen LogP contribution is -2.34. The molecule has 172 valence electrons. The van der Waals surface area contributed by atoms with Crippen LogP contribution in [0.25, 0.3) is 16.6 Å². The summed E-state index contributed by atoms with van der Waals surface area (Å²) in [7, 11) is 0. The van der Waals surface area contributed by atoms with Crippen LogP contribution in [0.3, 0.4) is 0 Å². The highest BCUT2D eigenvalue weighted by Gasteiger charge is 2.43. The second-order valence-electron chi connectivity index (χ2n) is 9.81. The molecule has 2 aliphatic rings. The van der Waals surface area contributed by atoms with Gasteiger partial charge in [-0.25, -0.2) is 9.97 Å². The number of aromatic nitrogens is 3. The number of carbonyl (C=O) groups is 1. The number of carbonyl (C=O) groups excluding carboxylic acids is 1. The highest BCUT2D eigenvalue weighted by atomic mass is 16.2. The molecule has 6 heteroatoms. The maximum Gasteiger partial charge on any atom is 0.256 e. The Morgan fingerprint density at radius 2 is 1.53 bits per heavy atom. The third-order valence-corrected chi connectivity index (χ3v) is 7.36. The summed E-state index contributed by atoms with van der Waals surface area (Å²) in [5, 5.41) is 0. The fourth-order valence-electron chi connectivity index (χ4n) is 5.76. The summed E-state index contributed by atoms with van der Waals surface area (Å²) in [6.07, 6.45) is 4.12. The summed E-state index contributed by atoms with van der Waals surface area (Å²) in [6.45, 7) is 9.50. The molecule has 6 nitrogen and oxygen atoms in total. The number of nitrogens with zero attached hydrogens (tertiary/aromatic N) is 5. The minimum Gasteiger partial charge on any atom is -0.340 e. The fourth-order valence-corrected chi connectivity index (χ4v) is 5.76. The van der Waals surface area contributed by atoms with Crippen LogP contribution in [-0.4, -0.2) is 51.4 Å². The minimum absolute atomic E-state index is 0.135. The van der Waals surface area contributed by atoms with E-state index in [1.165, 1.54) is 5.56 Å². The maximum absolute atomic E-state index is 14.0. The maximum atomic E-state index is 14.0. The number of hydrogen-bond donors (Lipinski definition) is 0. The summed E-state index contributed by atoms with van der Waals surface area (Å²) in [4.78, 5) is 27.7. The van der Waals surface area contributed by atoms with E-state index in [4.69, 9.17) is 0 Å². The number of rotatable bonds is 3. The molecular weight excluding hydrogens is 422 g/mol. The second-order valence-corrected chi connectivity index (χ2v) is 9.81. The van der Waals surface area contributed by atoms with Crippen molar-refractivity contribution in [2.24, 2.45) is 11.8 Å². The first-order valence-electron chi connectivity index (χ1n) is 12.0. The number of pyridine rings is 1. The van der Waals surface area contributed by atoms with Gasteiger partial charge in [-0.3, -0.25) is 4.79 Å². The van der Waals surface area contributed by atoms with E-state index in [9.17, 15) is 4.79 Å². The van der Waals surface area contributed by atoms with Crippen LogP contribution in [0.1, 0.15) is 27.3 Å². The molecular formula is C28H29N5O. The van der Waals surface area contributed by atoms with Gasteiger partial charge in [0.2, 0.25) is 5.95 Å². The topological polar surface area (TPSA) is 53.7 Å². The molecule has 0 N–H and O–H groups in total. The van der Waals surface area contributed by atoms with Gasteiger partial charge in [0.25, 0.3) is 5.91 Å². The molecule has 0 saturated carbocycles. The monoisotopic (exact) mass is 451 g/mol. The zero-order valence-electron chi connectivity index (χ0n) is 19.9. The number of anilines is 1. The smallest absolute Gasteiger partial charge is 0.256 e. The Bertz CT molecular complexity index is 1370. The normalized spacial score (nSPS) is 19.7. The summed E-state index contributed by atoms with van der Waals surface area (Å²) in [5.74, 6) is 1.86. The summed E-state index contributed by atoms with van der Waals surface area (Å²) in [6, 6.07) is 16.4. The van der Waals surface area contributed by atoms with Gasteiger partial charge in [0.15, 0.2) is 0 Å². The van der Waals surface area contributed by atoms with Crippen LogP contribution in [0.5, 0.6) is 0 Å². The molecule has 2 fully saturated rings. The Balaban J connectivity index is 1.29. The molecule has 1 amide bonds. The first-order valence-corrected chi connectivity index (χ1v) is 12.0. The number of benzene rings is 1. The van der Waals surface area contributed by atoms with Crippen molar-refractivity contribution in [3.05, 3.63) is 83.4 Å². The van der Waals surface area contributed by atoms with E-state index in [1.54, 1.807) is 0 Å². The third kappa shape index (κ3) is 3.45. The zero-order valence-corrected chi connectivity index (χ0v) is 19.9. The van der Waals surface area contributed by atoms with Crippen LogP contribution in [0.2, 0.25) is 0 Å². The van der Waals surface area contributed by atoms with Gasteiger partial charge < -0.3 is 14.2 Å². The van der Waals surface area contributed by atoms with Gasteiger partial charge in [-0.15, -0.1) is 0 Å². The molecule has 0 unspecified atom stereocenters. The number of amides is 1. The van der Waals surface area contributed by atoms with Gasteiger partial charge in [-0.1, -0.05) is 30.3 Å². The van der Waals surface area contributed by atoms with Crippen LogP contribution in [0, 0.1) is 32.6 Å². The molecule has 0 bridgehead atoms. The van der Waals surface area contributed by atoms with E-state index in [0.717, 1.165) is 65.7 Å². The highest BCUT2D eigenvalue weighted by molar-refractivity contribution is 6.08. The summed E-state index contributed by atoms with van der Waals surface area (Å²) < 4.78 is 2.07. The molecule has 2 aliphatic heterocycles. The van der Waals surface area contributed by atoms with E-state index in [1.807, 2.05) is 56.4 Å². The number of aryl methyl sites for hydroxylation is 3. The van der Waals surface area contributed by atoms with Gasteiger partial charge in [-0.05, 0) is 50.1 Å². The van der Waals surface area contributed by atoms with E-state index in [-0.39, 0.29) is 5.91 Å². The fraction of sp³-hybridized carbons (Fsp3) is 0.321. The first-order chi connectivity index (χ1) is 16.5. The van der Waals surface area contributed by atoms with Gasteiger partial charge in [0.05, 0.1) is 11.1 Å². The lowest BCUT2D eigenvalue weighted by molar-refractivity contribution is 0.0785. The van der Waals surface area contributed by atoms with Crippen molar-refractivity contribution in [2.45, 2.75) is 20.8 Å². The van der Waals surface area contributed by atoms with Crippen molar-refractivity contribution >= 4 is 17.4 Å². The summed E-state index contributed by atoms with van der Waals surface area (Å²) in [5.41, 5.74) is 7.08. The minimum atomic E-state index is 0.135. The average molecular weight is 452 g/mol. The lowest BCUT2D eigenvalue weighted by atomic mass is 9.98. The van der Waals surface area contributed by atoms with E-state index >= 15 is 0 Å². The first kappa shape index (κ1) is 20.9. The van der Waals surface area contributed by atoms with E-state index < -0.39 is 0 Å². The van der Waals surface area contributed by atoms with Crippen molar-refractivity contribution in [1.29, 1.82) is 0 Å². The van der Waals surface area contributed by atoms with Crippen LogP contribution >= 0.6 is 0 Å². The van der Waals surface area contributed by atoms with Crippen LogP contribution < -0.4 is 4.90 Å². The van der Waals surface area contributed by atoms with Crippen molar-refractivity contribution in [1.82, 2.24) is 19.3 Å². The Labute approximate surface area is 199 Å². The quantitative estimate of drug-likeness (QED) is 0.459. The van der Waals surface area contributed by atoms with Gasteiger partial charge in [-0.2, -0.15) is 0 Å². The molecule has 0 spiro atoms. The molecule has 3 aromatic heterocycles. The standard InChI is InChI=1S/C28H29N5O/c1-18-8-4-5-9-23(18)24-17-31-11-7-6-10-25(31)26(24)27(34)32-13-21-15-33(16-22(21)14-32)28-29-19(2)12-20(3)30-28/h4-12,17,21-22H,13-16H2,1-3H3/t21-,22+. The Morgan fingerprint density at radius 3 is 2.24 bits per heavy atom. The number of likely N-dealkylation sites (tertiary alicyclic amines) is 1. The largest absolute Gasteiger partial charge is 0.340 e. The van der Waals surface area contributed by atoms with Gasteiger partial charge in [0, 0.05) is 67.4 Å². The van der Waals surface area contributed by atoms with Crippen LogP contribution in [-0.2, 0) is 0 Å². The van der Waals surface area contributed by atoms with E-state index in [0.29, 0.717) is 11.8 Å². The summed E-state index contributed by atoms with van der Waals surface area (Å²) >= 11 is 0. The molecule has 2 atom stereocenters. The predicted molar refractivity (Wildman–Crippen MR) is 134 cm³/mol. The third-order valence-electron chi connectivity index (χ3n) is 7.36. The average Bonchev–Trinajstić information content (AvgIpc) is 3.50. The Kier molecular flexibility index (Phi) is 4.90. The van der Waals surface area contributed by atoms with Gasteiger partial charge >= 0.3 is 0 Å². The van der Waals surface area contributed by atoms with Crippen molar-refractivity contribution in [3.8, 4) is 11.1 Å². The number of fused-ring (bicyclic) bond motifs is 2. The predicted octanol–water partition coefficient (Wildman–Crippen LogP) is 4.53. The van der Waals surface area contributed by atoms with Crippen molar-refractivity contribution < 1.29 is 4.79 Å². The van der Waals surface area contributed by atoms with Crippen molar-refractivity contribution in [2.75, 3.05) is 31.1 Å². The molecule has 34 heavy (non-hydrogen) atoms. The Hall–Kier alpha value is -3.67. The molecule has 6 rings (SSSR count). The molecule has 2 saturated heterocycles. The van der Waals surface area contributed by atoms with Crippen molar-refractivity contribution in [3.63, 3.8) is 0 Å². The molecule has 0 aliphatic carbocycles. The second kappa shape index (κ2) is 7.97. The van der Waals surface area contributed by atoms with Crippen LogP contribution in [0.15, 0.2) is 60.9 Å². The molecule has 1 aromatic carbocycles. The van der Waals surface area contributed by atoms with Crippen LogP contribution in [0.4, 0.5) is 5.95 Å². The molecule has 0 radical (unpaired) electrons. The molecule has 5 heterocycles. The lowest BCUT2D eigenvalue weighted by Gasteiger charge is -2.22. The van der Waals surface area contributed by atoms with E-state index in [2.05, 4.69) is 49.4 Å².